The number of carbonyl (C=O) groups excluding carboxylic acids is 1. The first-order chi connectivity index (χ1) is 10.8. The summed E-state index contributed by atoms with van der Waals surface area (Å²) in [6, 6.07) is 5.87. The third-order valence-corrected chi connectivity index (χ3v) is 4.99. The fourth-order valence-corrected chi connectivity index (χ4v) is 4.01. The van der Waals surface area contributed by atoms with E-state index in [-0.39, 0.29) is 11.4 Å². The lowest BCUT2D eigenvalue weighted by atomic mass is 9.79. The summed E-state index contributed by atoms with van der Waals surface area (Å²) in [5.41, 5.74) is 2.14. The normalized spacial score (nSPS) is 22.6. The predicted molar refractivity (Wildman–Crippen MR) is 89.8 cm³/mol. The quantitative estimate of drug-likeness (QED) is 0.745. The highest BCUT2D eigenvalue weighted by Gasteiger charge is 2.57. The molecule has 5 heteroatoms. The summed E-state index contributed by atoms with van der Waals surface area (Å²) >= 11 is 6.09. The molecule has 23 heavy (non-hydrogen) atoms. The lowest BCUT2D eigenvalue weighted by Crippen LogP contribution is -2.49. The number of anilines is 1. The topological polar surface area (TPSA) is 46.1 Å². The number of hydrogen-bond acceptors (Lipinski definition) is 3. The lowest BCUT2D eigenvalue weighted by Gasteiger charge is -2.33. The van der Waals surface area contributed by atoms with Gasteiger partial charge in [-0.25, -0.2) is 4.98 Å². The molecule has 1 amide bonds. The predicted octanol–water partition coefficient (Wildman–Crippen LogP) is 3.31. The van der Waals surface area contributed by atoms with Gasteiger partial charge < -0.3 is 0 Å². The van der Waals surface area contributed by atoms with Gasteiger partial charge in [0.05, 0.1) is 10.4 Å². The van der Waals surface area contributed by atoms with Crippen LogP contribution in [0.1, 0.15) is 37.6 Å². The van der Waals surface area contributed by atoms with Crippen LogP contribution in [0.15, 0.2) is 30.6 Å². The Bertz CT molecular complexity index is 827. The van der Waals surface area contributed by atoms with Crippen molar-refractivity contribution in [1.29, 1.82) is 0 Å². The molecule has 0 saturated heterocycles. The molecule has 0 radical (unpaired) electrons. The van der Waals surface area contributed by atoms with E-state index in [9.17, 15) is 4.79 Å². The molecule has 0 saturated carbocycles. The van der Waals surface area contributed by atoms with E-state index in [0.717, 1.165) is 22.6 Å². The van der Waals surface area contributed by atoms with Crippen LogP contribution in [0.4, 0.5) is 5.82 Å². The van der Waals surface area contributed by atoms with Crippen LogP contribution >= 0.6 is 11.6 Å². The molecule has 0 aromatic carbocycles. The minimum Gasteiger partial charge on any atom is -0.290 e. The van der Waals surface area contributed by atoms with Crippen molar-refractivity contribution in [3.63, 3.8) is 0 Å². The molecule has 1 atom stereocenters. The third-order valence-electron chi connectivity index (χ3n) is 4.79. The fraction of sp³-hybridized carbons (Fsp3) is 0.389. The van der Waals surface area contributed by atoms with Gasteiger partial charge in [0.2, 0.25) is 5.91 Å². The lowest BCUT2D eigenvalue weighted by molar-refractivity contribution is -0.123. The number of aromatic nitrogens is 2. The van der Waals surface area contributed by atoms with Crippen LogP contribution in [0.2, 0.25) is 5.02 Å². The molecular formula is C18H18ClN3O. The van der Waals surface area contributed by atoms with Gasteiger partial charge in [0.25, 0.3) is 0 Å². The molecule has 2 aromatic rings. The Morgan fingerprint density at radius 1 is 1.26 bits per heavy atom. The van der Waals surface area contributed by atoms with Crippen LogP contribution in [-0.4, -0.2) is 21.4 Å². The van der Waals surface area contributed by atoms with Crippen LogP contribution in [0.3, 0.4) is 0 Å². The fourth-order valence-electron chi connectivity index (χ4n) is 3.83. The summed E-state index contributed by atoms with van der Waals surface area (Å²) in [7, 11) is 0. The summed E-state index contributed by atoms with van der Waals surface area (Å²) in [4.78, 5) is 24.2. The number of fused-ring (bicyclic) bond motifs is 3. The monoisotopic (exact) mass is 327 g/mol. The van der Waals surface area contributed by atoms with E-state index in [4.69, 9.17) is 11.6 Å². The van der Waals surface area contributed by atoms with Gasteiger partial charge in [0.15, 0.2) is 0 Å². The number of hydrogen-bond donors (Lipinski definition) is 0. The maximum Gasteiger partial charge on any atom is 0.240 e. The zero-order valence-electron chi connectivity index (χ0n) is 13.4. The van der Waals surface area contributed by atoms with E-state index in [0.29, 0.717) is 17.9 Å². The van der Waals surface area contributed by atoms with Gasteiger partial charge in [-0.3, -0.25) is 14.7 Å². The molecule has 1 spiro atoms. The van der Waals surface area contributed by atoms with Crippen LogP contribution in [0, 0.1) is 0 Å². The highest BCUT2D eigenvalue weighted by atomic mass is 35.5. The molecule has 1 aliphatic carbocycles. The van der Waals surface area contributed by atoms with E-state index in [1.807, 2.05) is 43.9 Å². The van der Waals surface area contributed by atoms with Gasteiger partial charge in [0, 0.05) is 35.6 Å². The Morgan fingerprint density at radius 3 is 2.78 bits per heavy atom. The molecule has 0 bridgehead atoms. The molecule has 0 fully saturated rings. The summed E-state index contributed by atoms with van der Waals surface area (Å²) in [6.45, 7) is 6.12. The molecule has 4 rings (SSSR count). The summed E-state index contributed by atoms with van der Waals surface area (Å²) in [5.74, 6) is 0.900. The van der Waals surface area contributed by atoms with Gasteiger partial charge >= 0.3 is 0 Å². The standard InChI is InChI=1S/C18H18ClN3O/c1-17(2,3)22-15-13(5-4-6-20-15)18(16(22)23)8-11-7-12(19)10-21-14(11)9-18/h4-7,10H,8-9H2,1-3H3/t18-/m0/s1. The molecule has 2 aromatic heterocycles. The van der Waals surface area contributed by atoms with Crippen molar-refractivity contribution in [3.8, 4) is 0 Å². The van der Waals surface area contributed by atoms with Gasteiger partial charge in [-0.15, -0.1) is 0 Å². The summed E-state index contributed by atoms with van der Waals surface area (Å²) in [6.07, 6.45) is 4.66. The number of carbonyl (C=O) groups is 1. The number of pyridine rings is 2. The number of rotatable bonds is 0. The van der Waals surface area contributed by atoms with E-state index in [1.54, 1.807) is 12.4 Å². The zero-order chi connectivity index (χ0) is 16.4. The SMILES string of the molecule is CC(C)(C)N1C(=O)[C@]2(Cc3cc(Cl)cnc3C2)c2cccnc21. The van der Waals surface area contributed by atoms with Crippen molar-refractivity contribution >= 4 is 23.3 Å². The number of nitrogens with zero attached hydrogens (tertiary/aromatic N) is 3. The van der Waals surface area contributed by atoms with Gasteiger partial charge in [0.1, 0.15) is 5.82 Å². The Labute approximate surface area is 140 Å². The second-order valence-electron chi connectivity index (χ2n) is 7.38. The van der Waals surface area contributed by atoms with E-state index in [2.05, 4.69) is 9.97 Å². The average molecular weight is 328 g/mol. The first-order valence-electron chi connectivity index (χ1n) is 7.76. The Hall–Kier alpha value is -1.94. The van der Waals surface area contributed by atoms with Crippen LogP contribution in [-0.2, 0) is 23.1 Å². The van der Waals surface area contributed by atoms with Crippen molar-refractivity contribution in [2.75, 3.05) is 4.90 Å². The smallest absolute Gasteiger partial charge is 0.240 e. The third kappa shape index (κ3) is 1.94. The van der Waals surface area contributed by atoms with E-state index >= 15 is 0 Å². The average Bonchev–Trinajstić information content (AvgIpc) is 2.96. The highest BCUT2D eigenvalue weighted by molar-refractivity contribution is 6.30. The second-order valence-corrected chi connectivity index (χ2v) is 7.82. The molecule has 118 valence electrons. The number of halogens is 1. The van der Waals surface area contributed by atoms with Crippen molar-refractivity contribution in [2.24, 2.45) is 0 Å². The zero-order valence-corrected chi connectivity index (χ0v) is 14.2. The minimum absolute atomic E-state index is 0.118. The van der Waals surface area contributed by atoms with Gasteiger partial charge in [-0.1, -0.05) is 17.7 Å². The highest BCUT2D eigenvalue weighted by Crippen LogP contribution is 2.50. The molecule has 3 heterocycles. The molecule has 0 unspecified atom stereocenters. The Balaban J connectivity index is 1.90. The van der Waals surface area contributed by atoms with Crippen molar-refractivity contribution in [2.45, 2.75) is 44.6 Å². The van der Waals surface area contributed by atoms with Crippen LogP contribution < -0.4 is 4.90 Å². The Morgan fingerprint density at radius 2 is 2.04 bits per heavy atom. The minimum atomic E-state index is -0.586. The Kier molecular flexibility index (Phi) is 2.89. The van der Waals surface area contributed by atoms with Gasteiger partial charge in [-0.2, -0.15) is 0 Å². The largest absolute Gasteiger partial charge is 0.290 e. The molecular weight excluding hydrogens is 310 g/mol. The molecule has 1 aliphatic heterocycles. The maximum atomic E-state index is 13.4. The van der Waals surface area contributed by atoms with Gasteiger partial charge in [-0.05, 0) is 44.9 Å². The van der Waals surface area contributed by atoms with Crippen LogP contribution in [0.5, 0.6) is 0 Å². The van der Waals surface area contributed by atoms with E-state index in [1.165, 1.54) is 0 Å². The van der Waals surface area contributed by atoms with Crippen LogP contribution in [0.25, 0.3) is 0 Å². The van der Waals surface area contributed by atoms with E-state index < -0.39 is 5.41 Å². The van der Waals surface area contributed by atoms with Crippen molar-refractivity contribution in [1.82, 2.24) is 9.97 Å². The first-order valence-corrected chi connectivity index (χ1v) is 8.14. The summed E-state index contributed by atoms with van der Waals surface area (Å²) < 4.78 is 0. The first kappa shape index (κ1) is 14.6. The molecule has 0 N–H and O–H groups in total. The molecule has 2 aliphatic rings. The second kappa shape index (κ2) is 4.54. The number of amides is 1. The maximum absolute atomic E-state index is 13.4. The molecule has 4 nitrogen and oxygen atoms in total. The van der Waals surface area contributed by atoms with Crippen molar-refractivity contribution in [3.05, 3.63) is 52.4 Å². The van der Waals surface area contributed by atoms with Crippen molar-refractivity contribution < 1.29 is 4.79 Å². The summed E-state index contributed by atoms with van der Waals surface area (Å²) in [5, 5.41) is 0.616.